The molecule has 1 aliphatic rings. The van der Waals surface area contributed by atoms with Crippen molar-refractivity contribution in [1.82, 2.24) is 9.55 Å². The number of rotatable bonds is 3. The molecule has 124 valence electrons. The second-order valence-electron chi connectivity index (χ2n) is 6.24. The number of hydrogen-bond donors (Lipinski definition) is 0. The van der Waals surface area contributed by atoms with E-state index in [2.05, 4.69) is 11.9 Å². The van der Waals surface area contributed by atoms with E-state index in [1.165, 1.54) is 27.1 Å². The summed E-state index contributed by atoms with van der Waals surface area (Å²) in [4.78, 5) is 32.3. The van der Waals surface area contributed by atoms with Gasteiger partial charge in [0, 0.05) is 4.88 Å². The van der Waals surface area contributed by atoms with Crippen molar-refractivity contribution >= 4 is 50.3 Å². The molecule has 0 unspecified atom stereocenters. The van der Waals surface area contributed by atoms with Gasteiger partial charge in [0.05, 0.1) is 27.5 Å². The first-order chi connectivity index (χ1) is 11.5. The molecule has 0 aromatic carbocycles. The number of carbonyl (C=O) groups is 1. The van der Waals surface area contributed by atoms with Crippen molar-refractivity contribution in [3.05, 3.63) is 48.5 Å². The third-order valence-corrected chi connectivity index (χ3v) is 6.88. The molecule has 0 N–H and O–H groups in total. The van der Waals surface area contributed by atoms with Crippen molar-refractivity contribution in [2.24, 2.45) is 5.92 Å². The molecule has 1 atom stereocenters. The van der Waals surface area contributed by atoms with Crippen molar-refractivity contribution in [2.75, 3.05) is 0 Å². The molecule has 3 aromatic rings. The molecule has 0 radical (unpaired) electrons. The van der Waals surface area contributed by atoms with Crippen LogP contribution in [0.25, 0.3) is 10.2 Å². The summed E-state index contributed by atoms with van der Waals surface area (Å²) in [6.45, 7) is 2.24. The first-order valence-electron chi connectivity index (χ1n) is 7.81. The lowest BCUT2D eigenvalue weighted by molar-refractivity contribution is 0.0974. The Kier molecular flexibility index (Phi) is 4.06. The summed E-state index contributed by atoms with van der Waals surface area (Å²) >= 11 is 8.73. The topological polar surface area (TPSA) is 52.0 Å². The molecule has 24 heavy (non-hydrogen) atoms. The Labute approximate surface area is 151 Å². The van der Waals surface area contributed by atoms with Gasteiger partial charge >= 0.3 is 0 Å². The molecular weight excluding hydrogens is 364 g/mol. The van der Waals surface area contributed by atoms with Crippen LogP contribution in [0.15, 0.2) is 23.3 Å². The number of ketones is 1. The molecule has 1 aliphatic carbocycles. The summed E-state index contributed by atoms with van der Waals surface area (Å²) < 4.78 is 1.99. The van der Waals surface area contributed by atoms with Crippen LogP contribution in [0.2, 0.25) is 4.34 Å². The van der Waals surface area contributed by atoms with Gasteiger partial charge in [-0.2, -0.15) is 0 Å². The Balaban J connectivity index is 1.73. The summed E-state index contributed by atoms with van der Waals surface area (Å²) in [5.41, 5.74) is 1.04. The third-order valence-electron chi connectivity index (χ3n) is 4.44. The van der Waals surface area contributed by atoms with Gasteiger partial charge in [0.2, 0.25) is 0 Å². The monoisotopic (exact) mass is 378 g/mol. The van der Waals surface area contributed by atoms with Crippen LogP contribution in [0.1, 0.15) is 33.5 Å². The number of fused-ring (bicyclic) bond motifs is 3. The number of Topliss-reactive ketones (excluding diaryl/α,β-unsaturated/α-hetero) is 1. The first-order valence-corrected chi connectivity index (χ1v) is 9.82. The Morgan fingerprint density at radius 1 is 1.42 bits per heavy atom. The Bertz CT molecular complexity index is 1000. The maximum atomic E-state index is 12.9. The lowest BCUT2D eigenvalue weighted by Gasteiger charge is -2.17. The number of hydrogen-bond acceptors (Lipinski definition) is 5. The van der Waals surface area contributed by atoms with Gasteiger partial charge in [-0.15, -0.1) is 22.7 Å². The van der Waals surface area contributed by atoms with Gasteiger partial charge in [0.1, 0.15) is 4.83 Å². The fourth-order valence-electron chi connectivity index (χ4n) is 3.18. The highest BCUT2D eigenvalue weighted by Crippen LogP contribution is 2.35. The average Bonchev–Trinajstić information content (AvgIpc) is 3.13. The number of carbonyl (C=O) groups excluding carboxylic acids is 1. The molecule has 4 rings (SSSR count). The van der Waals surface area contributed by atoms with Crippen LogP contribution in [0, 0.1) is 5.92 Å². The highest BCUT2D eigenvalue weighted by atomic mass is 35.5. The van der Waals surface area contributed by atoms with Gasteiger partial charge in [0.15, 0.2) is 5.78 Å². The standard InChI is InChI=1S/C17H15ClN2O2S2/c1-9-2-3-10-13(6-9)24-16-15(10)17(22)20(8-19-16)7-11(21)12-4-5-14(18)23-12/h4-5,8-9H,2-3,6-7H2,1H3/t9-/m1/s1. The summed E-state index contributed by atoms with van der Waals surface area (Å²) in [5.74, 6) is 0.533. The van der Waals surface area contributed by atoms with Gasteiger partial charge in [-0.25, -0.2) is 4.98 Å². The van der Waals surface area contributed by atoms with E-state index >= 15 is 0 Å². The summed E-state index contributed by atoms with van der Waals surface area (Å²) in [5, 5.41) is 0.710. The first kappa shape index (κ1) is 16.0. The third kappa shape index (κ3) is 2.72. The van der Waals surface area contributed by atoms with E-state index in [1.807, 2.05) is 0 Å². The maximum absolute atomic E-state index is 12.9. The van der Waals surface area contributed by atoms with Crippen molar-refractivity contribution in [2.45, 2.75) is 32.7 Å². The van der Waals surface area contributed by atoms with Gasteiger partial charge in [0.25, 0.3) is 5.56 Å². The number of thiophene rings is 2. The number of aromatic nitrogens is 2. The van der Waals surface area contributed by atoms with Crippen molar-refractivity contribution in [1.29, 1.82) is 0 Å². The highest BCUT2D eigenvalue weighted by Gasteiger charge is 2.23. The number of nitrogens with zero attached hydrogens (tertiary/aromatic N) is 2. The summed E-state index contributed by atoms with van der Waals surface area (Å²) in [7, 11) is 0. The molecule has 0 saturated heterocycles. The normalized spacial score (nSPS) is 17.2. The molecule has 0 bridgehead atoms. The zero-order valence-electron chi connectivity index (χ0n) is 13.0. The second-order valence-corrected chi connectivity index (χ2v) is 9.04. The zero-order valence-corrected chi connectivity index (χ0v) is 15.4. The van der Waals surface area contributed by atoms with Crippen LogP contribution >= 0.6 is 34.3 Å². The average molecular weight is 379 g/mol. The molecule has 0 saturated carbocycles. The molecule has 0 aliphatic heterocycles. The Morgan fingerprint density at radius 3 is 3.00 bits per heavy atom. The molecule has 3 heterocycles. The summed E-state index contributed by atoms with van der Waals surface area (Å²) in [6.07, 6.45) is 4.53. The van der Waals surface area contributed by atoms with Crippen molar-refractivity contribution in [3.8, 4) is 0 Å². The van der Waals surface area contributed by atoms with Crippen LogP contribution < -0.4 is 5.56 Å². The molecule has 3 aromatic heterocycles. The quantitative estimate of drug-likeness (QED) is 0.642. The van der Waals surface area contributed by atoms with Crippen molar-refractivity contribution in [3.63, 3.8) is 0 Å². The van der Waals surface area contributed by atoms with Crippen LogP contribution in [0.5, 0.6) is 0 Å². The number of halogens is 1. The van der Waals surface area contributed by atoms with Gasteiger partial charge < -0.3 is 0 Å². The highest BCUT2D eigenvalue weighted by molar-refractivity contribution is 7.19. The van der Waals surface area contributed by atoms with Gasteiger partial charge in [-0.1, -0.05) is 18.5 Å². The fourth-order valence-corrected chi connectivity index (χ4v) is 5.49. The Morgan fingerprint density at radius 2 is 2.25 bits per heavy atom. The van der Waals surface area contributed by atoms with Crippen molar-refractivity contribution < 1.29 is 4.79 Å². The van der Waals surface area contributed by atoms with E-state index < -0.39 is 0 Å². The minimum absolute atomic E-state index is 0.000359. The molecular formula is C17H15ClN2O2S2. The van der Waals surface area contributed by atoms with Gasteiger partial charge in [-0.05, 0) is 42.9 Å². The molecule has 0 fully saturated rings. The van der Waals surface area contributed by atoms with Crippen LogP contribution in [-0.4, -0.2) is 15.3 Å². The van der Waals surface area contributed by atoms with E-state index in [-0.39, 0.29) is 17.9 Å². The van der Waals surface area contributed by atoms with E-state index in [1.54, 1.807) is 23.5 Å². The van der Waals surface area contributed by atoms with Crippen LogP contribution in [0.3, 0.4) is 0 Å². The zero-order chi connectivity index (χ0) is 16.8. The SMILES string of the molecule is C[C@@H]1CCc2c(sc3ncn(CC(=O)c4ccc(Cl)s4)c(=O)c23)C1. The molecule has 7 heteroatoms. The lowest BCUT2D eigenvalue weighted by atomic mass is 9.89. The number of aryl methyl sites for hydroxylation is 1. The van der Waals surface area contributed by atoms with E-state index in [0.717, 1.165) is 29.7 Å². The lowest BCUT2D eigenvalue weighted by Crippen LogP contribution is -2.25. The predicted molar refractivity (Wildman–Crippen MR) is 98.7 cm³/mol. The molecule has 0 spiro atoms. The van der Waals surface area contributed by atoms with Gasteiger partial charge in [-0.3, -0.25) is 14.2 Å². The predicted octanol–water partition coefficient (Wildman–Crippen LogP) is 4.18. The maximum Gasteiger partial charge on any atom is 0.262 e. The smallest absolute Gasteiger partial charge is 0.262 e. The van der Waals surface area contributed by atoms with Crippen LogP contribution in [0.4, 0.5) is 0 Å². The summed E-state index contributed by atoms with van der Waals surface area (Å²) in [6, 6.07) is 3.39. The van der Waals surface area contributed by atoms with E-state index in [4.69, 9.17) is 11.6 Å². The minimum Gasteiger partial charge on any atom is -0.291 e. The second kappa shape index (κ2) is 6.10. The molecule has 0 amide bonds. The van der Waals surface area contributed by atoms with Crippen LogP contribution in [-0.2, 0) is 19.4 Å². The molecule has 4 nitrogen and oxygen atoms in total. The van der Waals surface area contributed by atoms with E-state index in [9.17, 15) is 9.59 Å². The fraction of sp³-hybridized carbons (Fsp3) is 0.353. The minimum atomic E-state index is -0.118. The van der Waals surface area contributed by atoms with E-state index in [0.29, 0.717) is 20.5 Å². The largest absolute Gasteiger partial charge is 0.291 e. The Hall–Kier alpha value is -1.50.